The largest absolute Gasteiger partial charge is 0.497 e. The summed E-state index contributed by atoms with van der Waals surface area (Å²) in [6.07, 6.45) is 5.85. The van der Waals surface area contributed by atoms with Crippen molar-refractivity contribution in [3.63, 3.8) is 0 Å². The van der Waals surface area contributed by atoms with Crippen molar-refractivity contribution in [1.82, 2.24) is 5.43 Å². The van der Waals surface area contributed by atoms with Gasteiger partial charge in [-0.2, -0.15) is 5.10 Å². The molecule has 4 nitrogen and oxygen atoms in total. The van der Waals surface area contributed by atoms with Crippen LogP contribution >= 0.6 is 0 Å². The Morgan fingerprint density at radius 2 is 1.96 bits per heavy atom. The zero-order chi connectivity index (χ0) is 16.6. The lowest BCUT2D eigenvalue weighted by atomic mass is 9.69. The van der Waals surface area contributed by atoms with E-state index in [1.165, 1.54) is 6.42 Å². The Morgan fingerprint density at radius 1 is 1.26 bits per heavy atom. The van der Waals surface area contributed by atoms with Crippen molar-refractivity contribution in [3.8, 4) is 5.75 Å². The SMILES string of the molecule is COc1ccc(C(=O)NN=C(C)[C@@H]2[C@H]3C=C[C@@H](C3)C2(C)C)cc1. The fourth-order valence-electron chi connectivity index (χ4n) is 4.17. The van der Waals surface area contributed by atoms with E-state index in [1.54, 1.807) is 31.4 Å². The van der Waals surface area contributed by atoms with Crippen LogP contribution in [0.2, 0.25) is 0 Å². The van der Waals surface area contributed by atoms with Gasteiger partial charge < -0.3 is 4.74 Å². The molecule has 2 aliphatic rings. The molecule has 0 heterocycles. The minimum atomic E-state index is -0.191. The Bertz CT molecular complexity index is 658. The molecule has 2 bridgehead atoms. The van der Waals surface area contributed by atoms with Crippen molar-refractivity contribution >= 4 is 11.6 Å². The molecule has 122 valence electrons. The molecule has 1 N–H and O–H groups in total. The van der Waals surface area contributed by atoms with Crippen molar-refractivity contribution in [3.05, 3.63) is 42.0 Å². The second-order valence-electron chi connectivity index (χ2n) is 7.11. The van der Waals surface area contributed by atoms with E-state index in [2.05, 4.69) is 36.5 Å². The summed E-state index contributed by atoms with van der Waals surface area (Å²) in [4.78, 5) is 12.2. The minimum Gasteiger partial charge on any atom is -0.497 e. The van der Waals surface area contributed by atoms with Crippen LogP contribution in [0.1, 0.15) is 37.6 Å². The molecule has 1 aromatic carbocycles. The van der Waals surface area contributed by atoms with Gasteiger partial charge in [-0.25, -0.2) is 5.43 Å². The number of ether oxygens (including phenoxy) is 1. The van der Waals surface area contributed by atoms with E-state index in [4.69, 9.17) is 4.74 Å². The number of amides is 1. The lowest BCUT2D eigenvalue weighted by Crippen LogP contribution is -2.34. The Kier molecular flexibility index (Phi) is 4.00. The third kappa shape index (κ3) is 2.78. The van der Waals surface area contributed by atoms with Crippen LogP contribution in [0.4, 0.5) is 0 Å². The molecule has 3 rings (SSSR count). The number of fused-ring (bicyclic) bond motifs is 2. The second-order valence-corrected chi connectivity index (χ2v) is 7.11. The molecule has 0 aromatic heterocycles. The summed E-state index contributed by atoms with van der Waals surface area (Å²) in [5.74, 6) is 2.12. The molecule has 1 saturated carbocycles. The van der Waals surface area contributed by atoms with Crippen LogP contribution in [0.15, 0.2) is 41.5 Å². The molecule has 0 spiro atoms. The summed E-state index contributed by atoms with van der Waals surface area (Å²) in [6.45, 7) is 6.63. The van der Waals surface area contributed by atoms with E-state index in [-0.39, 0.29) is 11.3 Å². The van der Waals surface area contributed by atoms with Crippen molar-refractivity contribution in [2.45, 2.75) is 27.2 Å². The molecule has 0 saturated heterocycles. The average molecular weight is 312 g/mol. The standard InChI is InChI=1S/C19H24N2O2/c1-12(17-14-5-8-15(11-14)19(17,2)3)20-21-18(22)13-6-9-16(23-4)10-7-13/h5-10,14-15,17H,11H2,1-4H3,(H,21,22)/t14-,15-,17+/m0/s1. The number of methoxy groups -OCH3 is 1. The Morgan fingerprint density at radius 3 is 2.52 bits per heavy atom. The first kappa shape index (κ1) is 15.8. The van der Waals surface area contributed by atoms with Gasteiger partial charge in [-0.3, -0.25) is 4.79 Å². The molecule has 1 fully saturated rings. The summed E-state index contributed by atoms with van der Waals surface area (Å²) >= 11 is 0. The van der Waals surface area contributed by atoms with Crippen LogP contribution in [0.3, 0.4) is 0 Å². The monoisotopic (exact) mass is 312 g/mol. The Hall–Kier alpha value is -2.10. The highest BCUT2D eigenvalue weighted by Gasteiger charge is 2.51. The van der Waals surface area contributed by atoms with Gasteiger partial charge in [-0.05, 0) is 54.9 Å². The first-order valence-corrected chi connectivity index (χ1v) is 8.10. The number of carbonyl (C=O) groups is 1. The van der Waals surface area contributed by atoms with Crippen LogP contribution in [0.25, 0.3) is 0 Å². The van der Waals surface area contributed by atoms with E-state index in [9.17, 15) is 4.79 Å². The van der Waals surface area contributed by atoms with Crippen molar-refractivity contribution in [2.75, 3.05) is 7.11 Å². The molecule has 1 aromatic rings. The number of hydrogen-bond acceptors (Lipinski definition) is 3. The lowest BCUT2D eigenvalue weighted by molar-refractivity contribution is 0.0954. The molecule has 2 aliphatic carbocycles. The lowest BCUT2D eigenvalue weighted by Gasteiger charge is -2.35. The highest BCUT2D eigenvalue weighted by atomic mass is 16.5. The number of hydrazone groups is 1. The van der Waals surface area contributed by atoms with Gasteiger partial charge in [0.25, 0.3) is 5.91 Å². The summed E-state index contributed by atoms with van der Waals surface area (Å²) in [6, 6.07) is 7.02. The fourth-order valence-corrected chi connectivity index (χ4v) is 4.17. The van der Waals surface area contributed by atoms with Crippen molar-refractivity contribution < 1.29 is 9.53 Å². The van der Waals surface area contributed by atoms with Crippen molar-refractivity contribution in [2.24, 2.45) is 28.3 Å². The number of nitrogens with zero attached hydrogens (tertiary/aromatic N) is 1. The maximum atomic E-state index is 12.2. The third-order valence-corrected chi connectivity index (χ3v) is 5.44. The molecular weight excluding hydrogens is 288 g/mol. The molecule has 4 heteroatoms. The first-order valence-electron chi connectivity index (χ1n) is 8.10. The summed E-state index contributed by atoms with van der Waals surface area (Å²) < 4.78 is 5.10. The topological polar surface area (TPSA) is 50.7 Å². The number of benzene rings is 1. The molecule has 0 aliphatic heterocycles. The van der Waals surface area contributed by atoms with Gasteiger partial charge in [0.2, 0.25) is 0 Å². The second kappa shape index (κ2) is 5.84. The van der Waals surface area contributed by atoms with Gasteiger partial charge in [0, 0.05) is 17.2 Å². The predicted octanol–water partition coefficient (Wildman–Crippen LogP) is 3.65. The number of carbonyl (C=O) groups excluding carboxylic acids is 1. The minimum absolute atomic E-state index is 0.191. The van der Waals surface area contributed by atoms with Gasteiger partial charge in [0.1, 0.15) is 5.75 Å². The van der Waals surface area contributed by atoms with Crippen LogP contribution < -0.4 is 10.2 Å². The van der Waals surface area contributed by atoms with Gasteiger partial charge in [0.05, 0.1) is 7.11 Å². The maximum absolute atomic E-state index is 12.2. The van der Waals surface area contributed by atoms with Crippen molar-refractivity contribution in [1.29, 1.82) is 0 Å². The zero-order valence-electron chi connectivity index (χ0n) is 14.2. The zero-order valence-corrected chi connectivity index (χ0v) is 14.2. The Balaban J connectivity index is 1.69. The average Bonchev–Trinajstić information content (AvgIpc) is 3.11. The van der Waals surface area contributed by atoms with E-state index in [0.29, 0.717) is 23.3 Å². The first-order chi connectivity index (χ1) is 10.9. The normalized spacial score (nSPS) is 28.0. The third-order valence-electron chi connectivity index (χ3n) is 5.44. The van der Waals surface area contributed by atoms with Crippen LogP contribution in [0, 0.1) is 23.2 Å². The quantitative estimate of drug-likeness (QED) is 0.524. The van der Waals surface area contributed by atoms with Gasteiger partial charge in [-0.1, -0.05) is 26.0 Å². The van der Waals surface area contributed by atoms with Crippen LogP contribution in [-0.2, 0) is 0 Å². The predicted molar refractivity (Wildman–Crippen MR) is 91.6 cm³/mol. The van der Waals surface area contributed by atoms with Crippen LogP contribution in [-0.4, -0.2) is 18.7 Å². The molecular formula is C19H24N2O2. The number of nitrogens with one attached hydrogen (secondary N) is 1. The molecule has 0 unspecified atom stereocenters. The maximum Gasteiger partial charge on any atom is 0.271 e. The molecule has 3 atom stereocenters. The van der Waals surface area contributed by atoms with Crippen LogP contribution in [0.5, 0.6) is 5.75 Å². The molecule has 23 heavy (non-hydrogen) atoms. The van der Waals surface area contributed by atoms with E-state index in [1.807, 2.05) is 6.92 Å². The Labute approximate surface area is 137 Å². The smallest absolute Gasteiger partial charge is 0.271 e. The highest BCUT2D eigenvalue weighted by molar-refractivity contribution is 5.95. The van der Waals surface area contributed by atoms with Gasteiger partial charge in [0.15, 0.2) is 0 Å². The number of allylic oxidation sites excluding steroid dienone is 2. The summed E-state index contributed by atoms with van der Waals surface area (Å²) in [7, 11) is 1.61. The highest BCUT2D eigenvalue weighted by Crippen LogP contribution is 2.56. The van der Waals surface area contributed by atoms with E-state index < -0.39 is 0 Å². The molecule has 0 radical (unpaired) electrons. The van der Waals surface area contributed by atoms with Gasteiger partial charge >= 0.3 is 0 Å². The molecule has 1 amide bonds. The fraction of sp³-hybridized carbons (Fsp3) is 0.474. The number of rotatable bonds is 4. The van der Waals surface area contributed by atoms with Gasteiger partial charge in [-0.15, -0.1) is 0 Å². The summed E-state index contributed by atoms with van der Waals surface area (Å²) in [5, 5.41) is 4.39. The van der Waals surface area contributed by atoms with E-state index >= 15 is 0 Å². The number of hydrogen-bond donors (Lipinski definition) is 1. The summed E-state index contributed by atoms with van der Waals surface area (Å²) in [5.41, 5.74) is 4.49. The van der Waals surface area contributed by atoms with E-state index in [0.717, 1.165) is 11.5 Å².